The van der Waals surface area contributed by atoms with Gasteiger partial charge in [0.1, 0.15) is 23.0 Å². The van der Waals surface area contributed by atoms with Gasteiger partial charge in [0.15, 0.2) is 0 Å². The number of nitrogens with two attached hydrogens (primary N) is 2. The summed E-state index contributed by atoms with van der Waals surface area (Å²) in [6.07, 6.45) is 8.14. The van der Waals surface area contributed by atoms with Crippen LogP contribution in [0.5, 0.6) is 17.2 Å². The molecular formula is C48H40N4O2. The molecule has 4 N–H and O–H groups in total. The molecule has 7 aromatic rings. The van der Waals surface area contributed by atoms with Crippen molar-refractivity contribution in [2.75, 3.05) is 21.3 Å². The average Bonchev–Trinajstić information content (AvgIpc) is 3.22. The van der Waals surface area contributed by atoms with Crippen LogP contribution < -0.4 is 30.7 Å². The topological polar surface area (TPSA) is 77.0 Å². The highest BCUT2D eigenvalue weighted by molar-refractivity contribution is 5.81. The number of rotatable bonds is 11. The highest BCUT2D eigenvalue weighted by atomic mass is 16.5. The second kappa shape index (κ2) is 15.6. The average molecular weight is 705 g/mol. The van der Waals surface area contributed by atoms with Crippen LogP contribution in [0.15, 0.2) is 200 Å². The number of hydrogen-bond donors (Lipinski definition) is 2. The van der Waals surface area contributed by atoms with E-state index >= 15 is 0 Å². The van der Waals surface area contributed by atoms with E-state index in [0.717, 1.165) is 92.5 Å². The van der Waals surface area contributed by atoms with E-state index in [-0.39, 0.29) is 0 Å². The molecular weight excluding hydrogens is 665 g/mol. The Bertz CT molecular complexity index is 2350. The zero-order valence-electron chi connectivity index (χ0n) is 29.8. The van der Waals surface area contributed by atoms with Gasteiger partial charge in [0.25, 0.3) is 0 Å². The lowest BCUT2D eigenvalue weighted by Gasteiger charge is -2.26. The van der Waals surface area contributed by atoms with E-state index < -0.39 is 0 Å². The lowest BCUT2D eigenvalue weighted by molar-refractivity contribution is 0.403. The van der Waals surface area contributed by atoms with Crippen LogP contribution in [-0.2, 0) is 0 Å². The second-order valence-corrected chi connectivity index (χ2v) is 13.1. The molecule has 0 spiro atoms. The van der Waals surface area contributed by atoms with Crippen LogP contribution in [0.25, 0.3) is 11.1 Å². The number of anilines is 8. The fourth-order valence-corrected chi connectivity index (χ4v) is 6.52. The molecule has 1 aliphatic carbocycles. The van der Waals surface area contributed by atoms with Crippen molar-refractivity contribution < 1.29 is 9.47 Å². The van der Waals surface area contributed by atoms with Gasteiger partial charge in [-0.3, -0.25) is 0 Å². The molecule has 1 aliphatic rings. The molecule has 54 heavy (non-hydrogen) atoms. The van der Waals surface area contributed by atoms with E-state index in [9.17, 15) is 0 Å². The standard InChI is InChI=1S/C48H40N4O2/c49-37-15-23-41(24-16-37)51(43-27-31-47(32-28-43)53-45-7-3-1-4-8-45)39-19-11-35(12-20-39)36-13-21-40(22-14-36)52(42-25-17-38(50)18-26-42)44-29-33-48(34-30-44)54-46-9-5-2-6-10-46/h1-5,7-9,11-34H,6,10,49-50H2. The Kier molecular flexibility index (Phi) is 9.80. The van der Waals surface area contributed by atoms with Gasteiger partial charge in [-0.2, -0.15) is 0 Å². The van der Waals surface area contributed by atoms with Gasteiger partial charge in [-0.05, 0) is 157 Å². The predicted molar refractivity (Wildman–Crippen MR) is 224 cm³/mol. The van der Waals surface area contributed by atoms with Gasteiger partial charge in [-0.15, -0.1) is 0 Å². The van der Waals surface area contributed by atoms with Crippen molar-refractivity contribution in [3.05, 3.63) is 200 Å². The van der Waals surface area contributed by atoms with Gasteiger partial charge in [-0.25, -0.2) is 0 Å². The van der Waals surface area contributed by atoms with E-state index in [2.05, 4.69) is 88.7 Å². The Hall–Kier alpha value is -7.18. The summed E-state index contributed by atoms with van der Waals surface area (Å²) in [4.78, 5) is 4.43. The zero-order chi connectivity index (χ0) is 36.7. The summed E-state index contributed by atoms with van der Waals surface area (Å²) in [5.41, 5.74) is 21.9. The molecule has 8 rings (SSSR count). The SMILES string of the molecule is Nc1ccc(N(c2ccc(OC3=CC=CCC3)cc2)c2ccc(-c3ccc(N(c4ccc(N)cc4)c4ccc(Oc5ccccc5)cc4)cc3)cc2)cc1. The van der Waals surface area contributed by atoms with Gasteiger partial charge in [0.05, 0.1) is 0 Å². The highest BCUT2D eigenvalue weighted by Crippen LogP contribution is 2.39. The van der Waals surface area contributed by atoms with E-state index in [0.29, 0.717) is 0 Å². The molecule has 0 fully saturated rings. The van der Waals surface area contributed by atoms with Crippen molar-refractivity contribution in [3.8, 4) is 28.4 Å². The van der Waals surface area contributed by atoms with Crippen LogP contribution in [0, 0.1) is 0 Å². The third-order valence-corrected chi connectivity index (χ3v) is 9.28. The molecule has 0 aliphatic heterocycles. The maximum atomic E-state index is 6.15. The van der Waals surface area contributed by atoms with E-state index in [1.165, 1.54) is 0 Å². The summed E-state index contributed by atoms with van der Waals surface area (Å²) < 4.78 is 12.2. The molecule has 0 amide bonds. The molecule has 7 aromatic carbocycles. The molecule has 0 radical (unpaired) electrons. The second-order valence-electron chi connectivity index (χ2n) is 13.1. The van der Waals surface area contributed by atoms with Crippen molar-refractivity contribution in [1.29, 1.82) is 0 Å². The largest absolute Gasteiger partial charge is 0.462 e. The van der Waals surface area contributed by atoms with Crippen LogP contribution in [0.4, 0.5) is 45.5 Å². The van der Waals surface area contributed by atoms with Crippen LogP contribution in [0.2, 0.25) is 0 Å². The summed E-state index contributed by atoms with van der Waals surface area (Å²) in [6, 6.07) is 59.3. The highest BCUT2D eigenvalue weighted by Gasteiger charge is 2.16. The van der Waals surface area contributed by atoms with Crippen LogP contribution in [0.3, 0.4) is 0 Å². The zero-order valence-corrected chi connectivity index (χ0v) is 29.8. The lowest BCUT2D eigenvalue weighted by Crippen LogP contribution is -2.10. The maximum Gasteiger partial charge on any atom is 0.127 e. The van der Waals surface area contributed by atoms with Crippen LogP contribution in [-0.4, -0.2) is 0 Å². The molecule has 0 saturated heterocycles. The predicted octanol–water partition coefficient (Wildman–Crippen LogP) is 12.9. The van der Waals surface area contributed by atoms with E-state index in [1.54, 1.807) is 0 Å². The quantitative estimate of drug-likeness (QED) is 0.131. The monoisotopic (exact) mass is 704 g/mol. The Balaban J connectivity index is 1.05. The fourth-order valence-electron chi connectivity index (χ4n) is 6.52. The molecule has 0 heterocycles. The first-order chi connectivity index (χ1) is 26.6. The summed E-state index contributed by atoms with van der Waals surface area (Å²) >= 11 is 0. The van der Waals surface area contributed by atoms with Crippen molar-refractivity contribution in [1.82, 2.24) is 0 Å². The van der Waals surface area contributed by atoms with E-state index in [1.807, 2.05) is 115 Å². The van der Waals surface area contributed by atoms with Gasteiger partial charge < -0.3 is 30.7 Å². The normalized spacial score (nSPS) is 12.1. The van der Waals surface area contributed by atoms with Crippen LogP contribution >= 0.6 is 0 Å². The third kappa shape index (κ3) is 7.83. The number of para-hydroxylation sites is 1. The Morgan fingerprint density at radius 3 is 1.17 bits per heavy atom. The Morgan fingerprint density at radius 1 is 0.389 bits per heavy atom. The molecule has 264 valence electrons. The van der Waals surface area contributed by atoms with Gasteiger partial charge in [0.2, 0.25) is 0 Å². The first-order valence-electron chi connectivity index (χ1n) is 18.0. The summed E-state index contributed by atoms with van der Waals surface area (Å²) in [5, 5.41) is 0. The smallest absolute Gasteiger partial charge is 0.127 e. The molecule has 0 saturated carbocycles. The van der Waals surface area contributed by atoms with Crippen molar-refractivity contribution in [2.24, 2.45) is 0 Å². The molecule has 0 aromatic heterocycles. The third-order valence-electron chi connectivity index (χ3n) is 9.28. The van der Waals surface area contributed by atoms with Crippen molar-refractivity contribution in [2.45, 2.75) is 12.8 Å². The number of allylic oxidation sites excluding steroid dienone is 4. The Morgan fingerprint density at radius 2 is 0.759 bits per heavy atom. The fraction of sp³-hybridized carbons (Fsp3) is 0.0417. The summed E-state index contributed by atoms with van der Waals surface area (Å²) in [5.74, 6) is 3.37. The maximum absolute atomic E-state index is 6.15. The number of hydrogen-bond acceptors (Lipinski definition) is 6. The molecule has 0 atom stereocenters. The lowest BCUT2D eigenvalue weighted by atomic mass is 10.0. The molecule has 6 heteroatoms. The molecule has 6 nitrogen and oxygen atoms in total. The first kappa shape index (κ1) is 33.9. The number of benzene rings is 7. The van der Waals surface area contributed by atoms with Gasteiger partial charge in [0, 0.05) is 51.9 Å². The molecule has 0 bridgehead atoms. The van der Waals surface area contributed by atoms with Crippen LogP contribution in [0.1, 0.15) is 12.8 Å². The minimum absolute atomic E-state index is 0.718. The first-order valence-corrected chi connectivity index (χ1v) is 18.0. The summed E-state index contributed by atoms with van der Waals surface area (Å²) in [7, 11) is 0. The summed E-state index contributed by atoms with van der Waals surface area (Å²) in [6.45, 7) is 0. The van der Waals surface area contributed by atoms with Gasteiger partial charge in [-0.1, -0.05) is 54.6 Å². The number of nitrogen functional groups attached to an aromatic ring is 2. The number of nitrogens with zero attached hydrogens (tertiary/aromatic N) is 2. The van der Waals surface area contributed by atoms with Crippen molar-refractivity contribution in [3.63, 3.8) is 0 Å². The molecule has 0 unspecified atom stereocenters. The number of ether oxygens (including phenoxy) is 2. The Labute approximate surface area is 316 Å². The minimum atomic E-state index is 0.718. The van der Waals surface area contributed by atoms with Crippen molar-refractivity contribution >= 4 is 45.5 Å². The minimum Gasteiger partial charge on any atom is -0.462 e. The van der Waals surface area contributed by atoms with Gasteiger partial charge >= 0.3 is 0 Å². The van der Waals surface area contributed by atoms with E-state index in [4.69, 9.17) is 20.9 Å².